The molecule has 0 heterocycles. The van der Waals surface area contributed by atoms with Crippen LogP contribution in [0.1, 0.15) is 124 Å². The van der Waals surface area contributed by atoms with E-state index in [0.717, 1.165) is 0 Å². The molecule has 0 bridgehead atoms. The van der Waals surface area contributed by atoms with Crippen LogP contribution < -0.4 is 53.6 Å². The Kier molecular flexibility index (Phi) is 32.8. The van der Waals surface area contributed by atoms with Crippen molar-refractivity contribution in [3.63, 3.8) is 0 Å². The fourth-order valence-corrected chi connectivity index (χ4v) is 9.15. The van der Waals surface area contributed by atoms with Crippen LogP contribution in [0.5, 0.6) is 5.75 Å². The van der Waals surface area contributed by atoms with Gasteiger partial charge in [-0.25, -0.2) is 4.79 Å². The van der Waals surface area contributed by atoms with Gasteiger partial charge in [0, 0.05) is 31.6 Å². The Morgan fingerprint density at radius 2 is 0.857 bits per heavy atom. The van der Waals surface area contributed by atoms with Crippen molar-refractivity contribution < 1.29 is 103 Å². The quantitative estimate of drug-likeness (QED) is 0.0371. The molecule has 1 unspecified atom stereocenters. The molecular weight excluding hydrogens is 1200 g/mol. The summed E-state index contributed by atoms with van der Waals surface area (Å²) in [5.41, 5.74) is 6.75. The van der Waals surface area contributed by atoms with Gasteiger partial charge in [-0.05, 0) is 80.0 Å². The van der Waals surface area contributed by atoms with Gasteiger partial charge in [-0.1, -0.05) is 90.9 Å². The summed E-state index contributed by atoms with van der Waals surface area (Å²) in [6, 6.07) is -1.44. The predicted octanol–water partition coefficient (Wildman–Crippen LogP) is -1.21. The second-order valence-corrected chi connectivity index (χ2v) is 23.5. The number of hydrogen-bond acceptors (Lipinski definition) is 17. The Labute approximate surface area is 525 Å². The molecule has 18 N–H and O–H groups in total. The number of carboxylic acids is 5. The minimum atomic E-state index is -1.97. The van der Waals surface area contributed by atoms with Crippen molar-refractivity contribution in [3.05, 3.63) is 65.7 Å². The third-order valence-corrected chi connectivity index (χ3v) is 14.1. The largest absolute Gasteiger partial charge is 0.508 e. The SMILES string of the molecule is CC(C)C[C@H](NC(=O)[C@@H](N)CCC(=O)O)C(=O)N[C@@H](CC(=O)O)C(=O)N[C@@H](CC(C)C)[C@@H](O)C[C@@H](C)C(=O)NC(C(=O)N[C@@H](Cc1ccccc1)C(=O)N[C@@H](Cc1ccc(O)cc1)C(=O)N[C@@H](C)C(=O)N[C@@H](CCC(=O)O)C(=O)N[C@@H](CC(=O)O)C(=O)O)C(C)C. The van der Waals surface area contributed by atoms with E-state index in [2.05, 4.69) is 42.5 Å². The van der Waals surface area contributed by atoms with Crippen LogP contribution in [0.15, 0.2) is 54.6 Å². The number of phenolic OH excluding ortho intramolecular Hbond substituents is 1. The molecule has 91 heavy (non-hydrogen) atoms. The lowest BCUT2D eigenvalue weighted by Gasteiger charge is -2.31. The van der Waals surface area contributed by atoms with Crippen LogP contribution in [-0.2, 0) is 80.0 Å². The molecule has 31 nitrogen and oxygen atoms in total. The first kappa shape index (κ1) is 77.8. The van der Waals surface area contributed by atoms with E-state index in [4.69, 9.17) is 15.9 Å². The normalized spacial score (nSPS) is 15.2. The number of phenols is 1. The van der Waals surface area contributed by atoms with Crippen molar-refractivity contribution >= 4 is 83.0 Å². The predicted molar refractivity (Wildman–Crippen MR) is 322 cm³/mol. The Bertz CT molecular complexity index is 2860. The topological polar surface area (TPSA) is 515 Å². The molecule has 0 fully saturated rings. The first-order valence-electron chi connectivity index (χ1n) is 29.6. The lowest BCUT2D eigenvalue weighted by molar-refractivity contribution is -0.147. The average Bonchev–Trinajstić information content (AvgIpc) is 2.05. The molecule has 0 aliphatic rings. The summed E-state index contributed by atoms with van der Waals surface area (Å²) in [7, 11) is 0. The fourth-order valence-electron chi connectivity index (χ4n) is 9.15. The van der Waals surface area contributed by atoms with Gasteiger partial charge in [0.25, 0.3) is 0 Å². The lowest BCUT2D eigenvalue weighted by atomic mass is 9.91. The smallest absolute Gasteiger partial charge is 0.326 e. The molecule has 2 aromatic rings. The number of aliphatic hydroxyl groups excluding tert-OH is 1. The maximum Gasteiger partial charge on any atom is 0.326 e. The van der Waals surface area contributed by atoms with Gasteiger partial charge in [0.15, 0.2) is 0 Å². The highest BCUT2D eigenvalue weighted by molar-refractivity contribution is 5.98. The molecule has 0 saturated heterocycles. The number of aliphatic hydroxyl groups is 1. The third-order valence-electron chi connectivity index (χ3n) is 14.1. The lowest BCUT2D eigenvalue weighted by Crippen LogP contribution is -2.60. The zero-order valence-electron chi connectivity index (χ0n) is 52.1. The van der Waals surface area contributed by atoms with Crippen molar-refractivity contribution in [1.82, 2.24) is 47.9 Å². The number of aromatic hydroxyl groups is 1. The number of rotatable bonds is 41. The van der Waals surface area contributed by atoms with Crippen molar-refractivity contribution in [2.24, 2.45) is 29.4 Å². The highest BCUT2D eigenvalue weighted by Gasteiger charge is 2.37. The maximum atomic E-state index is 14.6. The molecule has 504 valence electrons. The van der Waals surface area contributed by atoms with Crippen molar-refractivity contribution in [2.45, 2.75) is 193 Å². The molecule has 2 aromatic carbocycles. The van der Waals surface area contributed by atoms with E-state index in [1.165, 1.54) is 38.1 Å². The molecule has 31 heteroatoms. The zero-order valence-corrected chi connectivity index (χ0v) is 52.1. The Morgan fingerprint density at radius 3 is 1.37 bits per heavy atom. The summed E-state index contributed by atoms with van der Waals surface area (Å²) in [6.45, 7) is 12.8. The number of benzene rings is 2. The molecule has 0 aliphatic heterocycles. The van der Waals surface area contributed by atoms with Crippen LogP contribution in [0.25, 0.3) is 0 Å². The van der Waals surface area contributed by atoms with Gasteiger partial charge in [0.2, 0.25) is 53.2 Å². The average molecular weight is 1290 g/mol. The van der Waals surface area contributed by atoms with E-state index in [1.54, 1.807) is 71.9 Å². The van der Waals surface area contributed by atoms with Gasteiger partial charge >= 0.3 is 29.8 Å². The van der Waals surface area contributed by atoms with E-state index < -0.39 is 193 Å². The van der Waals surface area contributed by atoms with Crippen LogP contribution in [-0.4, -0.2) is 185 Å². The summed E-state index contributed by atoms with van der Waals surface area (Å²) in [5, 5.41) is 90.3. The zero-order chi connectivity index (χ0) is 69.0. The summed E-state index contributed by atoms with van der Waals surface area (Å²) >= 11 is 0. The fraction of sp³-hybridized carbons (Fsp3) is 0.567. The van der Waals surface area contributed by atoms with Crippen molar-refractivity contribution in [3.8, 4) is 5.75 Å². The number of nitrogens with two attached hydrogens (primary N) is 1. The molecular formula is C60H88N10O21. The Morgan fingerprint density at radius 1 is 0.418 bits per heavy atom. The van der Waals surface area contributed by atoms with Gasteiger partial charge in [0.05, 0.1) is 31.0 Å². The number of carbonyl (C=O) groups excluding carboxylic acids is 9. The maximum absolute atomic E-state index is 14.6. The van der Waals surface area contributed by atoms with Crippen molar-refractivity contribution in [2.75, 3.05) is 0 Å². The number of hydrogen-bond donors (Lipinski definition) is 17. The molecule has 2 rings (SSSR count). The molecule has 0 saturated carbocycles. The number of carbonyl (C=O) groups is 14. The standard InChI is InChI=1S/C60H88N10O21/c1-29(2)22-39(64-58(88)43(27-48(77)78)67-56(86)40(23-30(3)4)65-53(83)37(61)18-20-46(73)74)45(72)24-32(7)51(81)70-50(31(5)6)59(89)68-42(25-34-12-10-9-11-13-34)57(87)66-41(26-35-14-16-36(71)17-15-35)55(85)62-33(8)52(82)63-38(19-21-47(75)76)54(84)69-44(60(90)91)28-49(79)80/h9-17,29-33,37-45,50,71-72H,18-28,61H2,1-8H3,(H,62,85)(H,63,82)(H,64,88)(H,65,83)(H,66,87)(H,67,86)(H,68,89)(H,69,84)(H,70,81)(H,73,74)(H,75,76)(H,77,78)(H,79,80)(H,90,91)/t32-,33+,37+,38+,39+,40+,41+,42+,43+,44+,45+,50?/m1/s1. The van der Waals surface area contributed by atoms with Gasteiger partial charge < -0.3 is 89.3 Å². The second-order valence-electron chi connectivity index (χ2n) is 23.5. The minimum Gasteiger partial charge on any atom is -0.508 e. The van der Waals surface area contributed by atoms with Gasteiger partial charge in [-0.3, -0.25) is 62.3 Å². The minimum absolute atomic E-state index is 0.0101. The third kappa shape index (κ3) is 29.3. The van der Waals surface area contributed by atoms with Crippen molar-refractivity contribution in [1.29, 1.82) is 0 Å². The van der Waals surface area contributed by atoms with E-state index in [-0.39, 0.29) is 56.1 Å². The first-order valence-corrected chi connectivity index (χ1v) is 29.6. The summed E-state index contributed by atoms with van der Waals surface area (Å²) < 4.78 is 0. The van der Waals surface area contributed by atoms with E-state index in [9.17, 15) is 92.7 Å². The van der Waals surface area contributed by atoms with Gasteiger partial charge in [0.1, 0.15) is 54.1 Å². The summed E-state index contributed by atoms with van der Waals surface area (Å²) in [6.07, 6.45) is -6.25. The number of amides is 9. The highest BCUT2D eigenvalue weighted by Crippen LogP contribution is 2.19. The molecule has 0 spiro atoms. The summed E-state index contributed by atoms with van der Waals surface area (Å²) in [5.74, 6) is -18.6. The number of carboxylic acid groups (broad SMARTS) is 5. The van der Waals surface area contributed by atoms with Gasteiger partial charge in [-0.15, -0.1) is 0 Å². The molecule has 9 amide bonds. The van der Waals surface area contributed by atoms with E-state index in [0.29, 0.717) is 11.1 Å². The molecule has 0 radical (unpaired) electrons. The first-order chi connectivity index (χ1) is 42.5. The summed E-state index contributed by atoms with van der Waals surface area (Å²) in [4.78, 5) is 182. The molecule has 12 atom stereocenters. The van der Waals surface area contributed by atoms with Crippen LogP contribution >= 0.6 is 0 Å². The Hall–Kier alpha value is -9.26. The van der Waals surface area contributed by atoms with E-state index >= 15 is 0 Å². The van der Waals surface area contributed by atoms with Crippen LogP contribution in [0.2, 0.25) is 0 Å². The van der Waals surface area contributed by atoms with Crippen LogP contribution in [0.4, 0.5) is 0 Å². The second kappa shape index (κ2) is 38.3. The van der Waals surface area contributed by atoms with Gasteiger partial charge in [-0.2, -0.15) is 0 Å². The molecule has 0 aromatic heterocycles. The monoisotopic (exact) mass is 1280 g/mol. The van der Waals surface area contributed by atoms with Crippen LogP contribution in [0.3, 0.4) is 0 Å². The Balaban J connectivity index is 2.42. The number of aliphatic carboxylic acids is 5. The van der Waals surface area contributed by atoms with E-state index in [1.807, 2.05) is 5.32 Å². The number of nitrogens with one attached hydrogen (secondary N) is 9. The molecule has 0 aliphatic carbocycles. The highest BCUT2D eigenvalue weighted by atomic mass is 16.4. The van der Waals surface area contributed by atoms with Crippen LogP contribution in [0, 0.1) is 23.7 Å².